The Balaban J connectivity index is 2.09. The zero-order chi connectivity index (χ0) is 16.3. The molecule has 1 fully saturated rings. The van der Waals surface area contributed by atoms with E-state index in [1.54, 1.807) is 13.0 Å². The van der Waals surface area contributed by atoms with E-state index in [0.29, 0.717) is 10.8 Å². The number of carbonyl (C=O) groups excluding carboxylic acids is 1. The average Bonchev–Trinajstić information content (AvgIpc) is 2.50. The molecule has 1 saturated heterocycles. The normalized spacial score (nSPS) is 21.3. The summed E-state index contributed by atoms with van der Waals surface area (Å²) in [4.78, 5) is 14.6. The number of piperidine rings is 1. The molecule has 1 heterocycles. The van der Waals surface area contributed by atoms with Gasteiger partial charge in [0.25, 0.3) is 5.91 Å². The lowest BCUT2D eigenvalue weighted by atomic mass is 9.96. The van der Waals surface area contributed by atoms with E-state index in [2.05, 4.69) is 0 Å². The first-order valence-corrected chi connectivity index (χ1v) is 8.27. The monoisotopic (exact) mass is 324 g/mol. The fourth-order valence-electron chi connectivity index (χ4n) is 2.95. The zero-order valence-electron chi connectivity index (χ0n) is 13.5. The molecule has 1 amide bonds. The summed E-state index contributed by atoms with van der Waals surface area (Å²) in [5.74, 6) is 0.538. The van der Waals surface area contributed by atoms with Crippen LogP contribution in [0.3, 0.4) is 0 Å². The van der Waals surface area contributed by atoms with Crippen LogP contribution in [-0.2, 0) is 4.79 Å². The second-order valence-corrected chi connectivity index (χ2v) is 6.56. The highest BCUT2D eigenvalue weighted by Gasteiger charge is 2.32. The quantitative estimate of drug-likeness (QED) is 0.925. The van der Waals surface area contributed by atoms with Crippen molar-refractivity contribution in [3.05, 3.63) is 28.8 Å². The summed E-state index contributed by atoms with van der Waals surface area (Å²) in [6.45, 7) is 6.44. The Morgan fingerprint density at radius 1 is 1.41 bits per heavy atom. The molecule has 0 saturated carbocycles. The summed E-state index contributed by atoms with van der Waals surface area (Å²) in [7, 11) is 0. The number of likely N-dealkylation sites (tertiary alicyclic amines) is 1. The molecular weight excluding hydrogens is 300 g/mol. The van der Waals surface area contributed by atoms with E-state index in [1.165, 1.54) is 0 Å². The standard InChI is InChI=1S/C17H25ClN2O2/c1-11-7-8-14(18)16(10-11)22-13(3)17(21)20-9-5-4-6-15(20)12(2)19/h7-8,10,12-13,15H,4-6,9,19H2,1-3H3. The molecule has 1 aliphatic rings. The fraction of sp³-hybridized carbons (Fsp3) is 0.588. The molecule has 122 valence electrons. The highest BCUT2D eigenvalue weighted by molar-refractivity contribution is 6.32. The molecule has 0 aliphatic carbocycles. The molecule has 1 aromatic carbocycles. The summed E-state index contributed by atoms with van der Waals surface area (Å²) in [6.07, 6.45) is 2.53. The minimum absolute atomic E-state index is 0.0143. The van der Waals surface area contributed by atoms with Gasteiger partial charge in [0.1, 0.15) is 5.75 Å². The third-order valence-electron chi connectivity index (χ3n) is 4.18. The van der Waals surface area contributed by atoms with Crippen LogP contribution >= 0.6 is 11.6 Å². The van der Waals surface area contributed by atoms with Gasteiger partial charge in [-0.2, -0.15) is 0 Å². The predicted molar refractivity (Wildman–Crippen MR) is 89.3 cm³/mol. The van der Waals surface area contributed by atoms with E-state index >= 15 is 0 Å². The van der Waals surface area contributed by atoms with E-state index in [9.17, 15) is 4.79 Å². The van der Waals surface area contributed by atoms with Gasteiger partial charge in [0.05, 0.1) is 5.02 Å². The molecule has 22 heavy (non-hydrogen) atoms. The molecule has 0 radical (unpaired) electrons. The van der Waals surface area contributed by atoms with Crippen LogP contribution in [0.25, 0.3) is 0 Å². The lowest BCUT2D eigenvalue weighted by Crippen LogP contribution is -2.54. The third-order valence-corrected chi connectivity index (χ3v) is 4.49. The number of hydrogen-bond donors (Lipinski definition) is 1. The first kappa shape index (κ1) is 17.1. The number of nitrogens with two attached hydrogens (primary N) is 1. The number of benzene rings is 1. The molecule has 3 atom stereocenters. The van der Waals surface area contributed by atoms with Gasteiger partial charge in [0.15, 0.2) is 6.10 Å². The molecule has 5 heteroatoms. The molecular formula is C17H25ClN2O2. The van der Waals surface area contributed by atoms with Crippen molar-refractivity contribution >= 4 is 17.5 Å². The second-order valence-electron chi connectivity index (χ2n) is 6.15. The smallest absolute Gasteiger partial charge is 0.263 e. The summed E-state index contributed by atoms with van der Waals surface area (Å²) >= 11 is 6.14. The Morgan fingerprint density at radius 2 is 2.14 bits per heavy atom. The summed E-state index contributed by atoms with van der Waals surface area (Å²) in [6, 6.07) is 5.62. The van der Waals surface area contributed by atoms with Crippen molar-refractivity contribution in [3.8, 4) is 5.75 Å². The van der Waals surface area contributed by atoms with Crippen molar-refractivity contribution in [2.24, 2.45) is 5.73 Å². The van der Waals surface area contributed by atoms with Gasteiger partial charge in [-0.05, 0) is 57.7 Å². The Hall–Kier alpha value is -1.26. The van der Waals surface area contributed by atoms with Gasteiger partial charge in [-0.15, -0.1) is 0 Å². The van der Waals surface area contributed by atoms with Crippen molar-refractivity contribution < 1.29 is 9.53 Å². The number of nitrogens with zero attached hydrogens (tertiary/aromatic N) is 1. The van der Waals surface area contributed by atoms with Gasteiger partial charge in [-0.3, -0.25) is 4.79 Å². The molecule has 1 aromatic rings. The van der Waals surface area contributed by atoms with Crippen LogP contribution < -0.4 is 10.5 Å². The summed E-state index contributed by atoms with van der Waals surface area (Å²) in [5, 5.41) is 0.521. The van der Waals surface area contributed by atoms with E-state index < -0.39 is 6.10 Å². The van der Waals surface area contributed by atoms with E-state index in [4.69, 9.17) is 22.1 Å². The van der Waals surface area contributed by atoms with Crippen molar-refractivity contribution in [1.82, 2.24) is 4.90 Å². The molecule has 1 aliphatic heterocycles. The number of carbonyl (C=O) groups is 1. The van der Waals surface area contributed by atoms with Crippen molar-refractivity contribution in [1.29, 1.82) is 0 Å². The van der Waals surface area contributed by atoms with Gasteiger partial charge in [0, 0.05) is 18.6 Å². The fourth-order valence-corrected chi connectivity index (χ4v) is 3.12. The summed E-state index contributed by atoms with van der Waals surface area (Å²) in [5.41, 5.74) is 7.08. The highest BCUT2D eigenvalue weighted by atomic mass is 35.5. The number of rotatable bonds is 4. The van der Waals surface area contributed by atoms with Crippen LogP contribution in [0, 0.1) is 6.92 Å². The largest absolute Gasteiger partial charge is 0.479 e. The SMILES string of the molecule is Cc1ccc(Cl)c(OC(C)C(=O)N2CCCCC2C(C)N)c1. The van der Waals surface area contributed by atoms with Crippen LogP contribution in [0.15, 0.2) is 18.2 Å². The van der Waals surface area contributed by atoms with Crippen LogP contribution in [0.4, 0.5) is 0 Å². The predicted octanol–water partition coefficient (Wildman–Crippen LogP) is 3.14. The van der Waals surface area contributed by atoms with Gasteiger partial charge in [-0.25, -0.2) is 0 Å². The Morgan fingerprint density at radius 3 is 2.82 bits per heavy atom. The molecule has 0 spiro atoms. The van der Waals surface area contributed by atoms with Crippen LogP contribution in [-0.4, -0.2) is 35.5 Å². The van der Waals surface area contributed by atoms with Crippen molar-refractivity contribution in [2.75, 3.05) is 6.54 Å². The van der Waals surface area contributed by atoms with Crippen LogP contribution in [0.2, 0.25) is 5.02 Å². The number of amides is 1. The minimum atomic E-state index is -0.571. The minimum Gasteiger partial charge on any atom is -0.479 e. The number of hydrogen-bond acceptors (Lipinski definition) is 3. The van der Waals surface area contributed by atoms with Crippen molar-refractivity contribution in [3.63, 3.8) is 0 Å². The highest BCUT2D eigenvalue weighted by Crippen LogP contribution is 2.27. The molecule has 0 bridgehead atoms. The van der Waals surface area contributed by atoms with Gasteiger partial charge in [0.2, 0.25) is 0 Å². The maximum absolute atomic E-state index is 12.7. The van der Waals surface area contributed by atoms with E-state index in [-0.39, 0.29) is 18.0 Å². The first-order chi connectivity index (χ1) is 10.4. The van der Waals surface area contributed by atoms with Crippen LogP contribution in [0.1, 0.15) is 38.7 Å². The van der Waals surface area contributed by atoms with Crippen LogP contribution in [0.5, 0.6) is 5.75 Å². The lowest BCUT2D eigenvalue weighted by molar-refractivity contribution is -0.142. The molecule has 0 aromatic heterocycles. The molecule has 4 nitrogen and oxygen atoms in total. The maximum Gasteiger partial charge on any atom is 0.263 e. The summed E-state index contributed by atoms with van der Waals surface area (Å²) < 4.78 is 5.81. The first-order valence-electron chi connectivity index (χ1n) is 7.89. The van der Waals surface area contributed by atoms with Gasteiger partial charge < -0.3 is 15.4 Å². The number of halogens is 1. The Kier molecular flexibility index (Phi) is 5.70. The number of aryl methyl sites for hydroxylation is 1. The Bertz CT molecular complexity index is 533. The maximum atomic E-state index is 12.7. The van der Waals surface area contributed by atoms with Crippen molar-refractivity contribution in [2.45, 2.75) is 58.2 Å². The number of ether oxygens (including phenoxy) is 1. The topological polar surface area (TPSA) is 55.6 Å². The average molecular weight is 325 g/mol. The van der Waals surface area contributed by atoms with Gasteiger partial charge >= 0.3 is 0 Å². The Labute approximate surface area is 137 Å². The van der Waals surface area contributed by atoms with E-state index in [0.717, 1.165) is 31.4 Å². The zero-order valence-corrected chi connectivity index (χ0v) is 14.3. The molecule has 2 rings (SSSR count). The molecule has 2 N–H and O–H groups in total. The van der Waals surface area contributed by atoms with Gasteiger partial charge in [-0.1, -0.05) is 17.7 Å². The van der Waals surface area contributed by atoms with E-state index in [1.807, 2.05) is 30.9 Å². The molecule has 3 unspecified atom stereocenters. The third kappa shape index (κ3) is 3.93. The second kappa shape index (κ2) is 7.34. The lowest BCUT2D eigenvalue weighted by Gasteiger charge is -2.39.